The van der Waals surface area contributed by atoms with Crippen molar-refractivity contribution in [2.45, 2.75) is 155 Å². The summed E-state index contributed by atoms with van der Waals surface area (Å²) in [7, 11) is -4.73. The molecule has 0 saturated heterocycles. The summed E-state index contributed by atoms with van der Waals surface area (Å²) in [6.45, 7) is 3.59. The van der Waals surface area contributed by atoms with Gasteiger partial charge in [0.05, 0.1) is 6.61 Å². The molecule has 0 rings (SSSR count). The predicted molar refractivity (Wildman–Crippen MR) is 156 cm³/mol. The third kappa shape index (κ3) is 29.6. The lowest BCUT2D eigenvalue weighted by Crippen LogP contribution is -2.29. The first-order chi connectivity index (χ1) is 18.8. The van der Waals surface area contributed by atoms with Crippen molar-refractivity contribution in [1.29, 1.82) is 0 Å². The fourth-order valence-electron chi connectivity index (χ4n) is 4.18. The first kappa shape index (κ1) is 37.8. The van der Waals surface area contributed by atoms with Gasteiger partial charge in [-0.1, -0.05) is 116 Å². The minimum atomic E-state index is -4.73. The topological polar surface area (TPSA) is 119 Å². The van der Waals surface area contributed by atoms with E-state index in [2.05, 4.69) is 30.5 Å². The monoisotopic (exact) mass is 576 g/mol. The van der Waals surface area contributed by atoms with E-state index < -0.39 is 32.5 Å². The summed E-state index contributed by atoms with van der Waals surface area (Å²) in [5, 5.41) is 0. The molecular formula is C30H57O8P. The molecule has 39 heavy (non-hydrogen) atoms. The zero-order chi connectivity index (χ0) is 29.0. The minimum absolute atomic E-state index is 0.204. The number of rotatable bonds is 28. The van der Waals surface area contributed by atoms with Crippen molar-refractivity contribution >= 4 is 19.8 Å². The van der Waals surface area contributed by atoms with E-state index in [9.17, 15) is 14.2 Å². The number of esters is 2. The average molecular weight is 577 g/mol. The number of allylic oxidation sites excluding steroid dienone is 2. The van der Waals surface area contributed by atoms with Crippen LogP contribution < -0.4 is 0 Å². The Morgan fingerprint density at radius 2 is 1.10 bits per heavy atom. The molecule has 230 valence electrons. The second kappa shape index (κ2) is 27.0. The van der Waals surface area contributed by atoms with E-state index in [1.54, 1.807) is 0 Å². The molecule has 0 fully saturated rings. The lowest BCUT2D eigenvalue weighted by atomic mass is 10.1. The van der Waals surface area contributed by atoms with Gasteiger partial charge in [-0.2, -0.15) is 0 Å². The van der Waals surface area contributed by atoms with Crippen molar-refractivity contribution in [3.05, 3.63) is 12.2 Å². The molecule has 0 aromatic heterocycles. The number of phosphoric acid groups is 1. The van der Waals surface area contributed by atoms with Gasteiger partial charge in [0.1, 0.15) is 6.61 Å². The van der Waals surface area contributed by atoms with Gasteiger partial charge in [-0.05, 0) is 32.1 Å². The van der Waals surface area contributed by atoms with E-state index in [1.807, 2.05) is 0 Å². The minimum Gasteiger partial charge on any atom is -0.462 e. The third-order valence-electron chi connectivity index (χ3n) is 6.53. The summed E-state index contributed by atoms with van der Waals surface area (Å²) < 4.78 is 26.1. The molecule has 0 aliphatic heterocycles. The van der Waals surface area contributed by atoms with E-state index in [1.165, 1.54) is 57.8 Å². The maximum absolute atomic E-state index is 12.2. The SMILES string of the molecule is CCCC/C=C/CCCCCCCC(=O)O[C@H](COC(=O)CCCCCCCCCCCC)COP(=O)(O)O. The molecule has 8 nitrogen and oxygen atoms in total. The van der Waals surface area contributed by atoms with Crippen LogP contribution in [0.2, 0.25) is 0 Å². The standard InChI is InChI=1S/C30H57O8P/c1-3-5-7-9-11-13-15-17-19-21-23-25-30(32)38-28(27-37-39(33,34)35)26-36-29(31)24-22-20-18-16-14-12-10-8-6-4-2/h9,11,28H,3-8,10,12-27H2,1-2H3,(H2,33,34,35)/b11-9+/t28-/m1/s1. The Morgan fingerprint density at radius 1 is 0.641 bits per heavy atom. The number of carbonyl (C=O) groups is 2. The van der Waals surface area contributed by atoms with Crippen LogP contribution in [0.25, 0.3) is 0 Å². The summed E-state index contributed by atoms with van der Waals surface area (Å²) in [5.74, 6) is -0.897. The molecular weight excluding hydrogens is 519 g/mol. The largest absolute Gasteiger partial charge is 0.469 e. The maximum Gasteiger partial charge on any atom is 0.469 e. The van der Waals surface area contributed by atoms with Crippen LogP contribution in [-0.2, 0) is 28.2 Å². The first-order valence-electron chi connectivity index (χ1n) is 15.5. The van der Waals surface area contributed by atoms with E-state index >= 15 is 0 Å². The molecule has 0 amide bonds. The first-order valence-corrected chi connectivity index (χ1v) is 17.0. The van der Waals surface area contributed by atoms with Gasteiger partial charge in [-0.3, -0.25) is 14.1 Å². The van der Waals surface area contributed by atoms with Crippen LogP contribution >= 0.6 is 7.82 Å². The number of hydrogen-bond donors (Lipinski definition) is 2. The summed E-state index contributed by atoms with van der Waals surface area (Å²) in [6.07, 6.45) is 25.1. The van der Waals surface area contributed by atoms with Gasteiger partial charge in [-0.15, -0.1) is 0 Å². The molecule has 0 heterocycles. The average Bonchev–Trinajstić information content (AvgIpc) is 2.89. The van der Waals surface area contributed by atoms with Gasteiger partial charge in [0.2, 0.25) is 0 Å². The second-order valence-electron chi connectivity index (χ2n) is 10.4. The van der Waals surface area contributed by atoms with Gasteiger partial charge in [0.25, 0.3) is 0 Å². The molecule has 2 N–H and O–H groups in total. The molecule has 0 aromatic carbocycles. The molecule has 0 aliphatic rings. The fraction of sp³-hybridized carbons (Fsp3) is 0.867. The zero-order valence-electron chi connectivity index (χ0n) is 24.8. The highest BCUT2D eigenvalue weighted by molar-refractivity contribution is 7.46. The van der Waals surface area contributed by atoms with Crippen LogP contribution in [0.15, 0.2) is 12.2 Å². The Kier molecular flexibility index (Phi) is 26.1. The third-order valence-corrected chi connectivity index (χ3v) is 7.02. The number of ether oxygens (including phenoxy) is 2. The molecule has 0 spiro atoms. The van der Waals surface area contributed by atoms with Gasteiger partial charge in [-0.25, -0.2) is 4.57 Å². The van der Waals surface area contributed by atoms with Crippen LogP contribution in [0, 0.1) is 0 Å². The van der Waals surface area contributed by atoms with E-state index in [0.29, 0.717) is 6.42 Å². The molecule has 0 bridgehead atoms. The Labute approximate surface area is 237 Å². The lowest BCUT2D eigenvalue weighted by molar-refractivity contribution is -0.161. The number of unbranched alkanes of at least 4 members (excludes halogenated alkanes) is 16. The molecule has 0 aromatic rings. The smallest absolute Gasteiger partial charge is 0.462 e. The van der Waals surface area contributed by atoms with Crippen molar-refractivity contribution in [2.24, 2.45) is 0 Å². The number of carbonyl (C=O) groups excluding carboxylic acids is 2. The molecule has 0 saturated carbocycles. The highest BCUT2D eigenvalue weighted by Crippen LogP contribution is 2.35. The van der Waals surface area contributed by atoms with Crippen molar-refractivity contribution < 1.29 is 37.9 Å². The highest BCUT2D eigenvalue weighted by atomic mass is 31.2. The zero-order valence-corrected chi connectivity index (χ0v) is 25.7. The second-order valence-corrected chi connectivity index (χ2v) is 11.7. The number of phosphoric ester groups is 1. The normalized spacial score (nSPS) is 12.6. The molecule has 0 unspecified atom stereocenters. The Hall–Kier alpha value is -1.21. The van der Waals surface area contributed by atoms with Crippen molar-refractivity contribution in [3.8, 4) is 0 Å². The predicted octanol–water partition coefficient (Wildman–Crippen LogP) is 8.34. The van der Waals surface area contributed by atoms with Crippen LogP contribution in [0.4, 0.5) is 0 Å². The van der Waals surface area contributed by atoms with Gasteiger partial charge < -0.3 is 19.3 Å². The van der Waals surface area contributed by atoms with Crippen LogP contribution in [0.3, 0.4) is 0 Å². The summed E-state index contributed by atoms with van der Waals surface area (Å²) in [5.41, 5.74) is 0. The van der Waals surface area contributed by atoms with E-state index in [4.69, 9.17) is 19.3 Å². The van der Waals surface area contributed by atoms with Crippen molar-refractivity contribution in [3.63, 3.8) is 0 Å². The molecule has 0 aliphatic carbocycles. The highest BCUT2D eigenvalue weighted by Gasteiger charge is 2.22. The van der Waals surface area contributed by atoms with E-state index in [0.717, 1.165) is 57.8 Å². The summed E-state index contributed by atoms with van der Waals surface area (Å²) in [4.78, 5) is 42.3. The van der Waals surface area contributed by atoms with Gasteiger partial charge >= 0.3 is 19.8 Å². The van der Waals surface area contributed by atoms with Gasteiger partial charge in [0, 0.05) is 12.8 Å². The van der Waals surface area contributed by atoms with Crippen LogP contribution in [0.1, 0.15) is 149 Å². The molecule has 0 radical (unpaired) electrons. The Bertz CT molecular complexity index is 661. The quantitative estimate of drug-likeness (QED) is 0.0413. The van der Waals surface area contributed by atoms with Gasteiger partial charge in [0.15, 0.2) is 6.10 Å². The number of hydrogen-bond acceptors (Lipinski definition) is 6. The maximum atomic E-state index is 12.2. The molecule has 9 heteroatoms. The summed E-state index contributed by atoms with van der Waals surface area (Å²) in [6, 6.07) is 0. The lowest BCUT2D eigenvalue weighted by Gasteiger charge is -2.18. The van der Waals surface area contributed by atoms with E-state index in [-0.39, 0.29) is 19.4 Å². The van der Waals surface area contributed by atoms with Crippen molar-refractivity contribution in [2.75, 3.05) is 13.2 Å². The fourth-order valence-corrected chi connectivity index (χ4v) is 4.54. The Morgan fingerprint density at radius 3 is 1.64 bits per heavy atom. The van der Waals surface area contributed by atoms with Crippen LogP contribution in [0.5, 0.6) is 0 Å². The van der Waals surface area contributed by atoms with Crippen molar-refractivity contribution in [1.82, 2.24) is 0 Å². The molecule has 1 atom stereocenters. The Balaban J connectivity index is 4.07. The summed E-state index contributed by atoms with van der Waals surface area (Å²) >= 11 is 0. The van der Waals surface area contributed by atoms with Crippen LogP contribution in [-0.4, -0.2) is 41.0 Å².